The summed E-state index contributed by atoms with van der Waals surface area (Å²) in [5, 5.41) is 8.76. The Balaban J connectivity index is 2.20. The molecule has 1 aliphatic rings. The van der Waals surface area contributed by atoms with Gasteiger partial charge in [0.2, 0.25) is 10.0 Å². The molecule has 0 amide bonds. The average molecular weight is 296 g/mol. The van der Waals surface area contributed by atoms with Crippen LogP contribution in [0, 0.1) is 23.1 Å². The number of sulfonamides is 1. The van der Waals surface area contributed by atoms with Gasteiger partial charge in [-0.1, -0.05) is 19.8 Å². The topological polar surface area (TPSA) is 70.0 Å². The van der Waals surface area contributed by atoms with Crippen molar-refractivity contribution < 1.29 is 12.8 Å². The maximum absolute atomic E-state index is 13.2. The molecule has 2 unspecified atom stereocenters. The third-order valence-corrected chi connectivity index (χ3v) is 5.14. The number of nitriles is 1. The molecule has 0 aromatic heterocycles. The van der Waals surface area contributed by atoms with Crippen LogP contribution in [0.3, 0.4) is 0 Å². The fraction of sp³-hybridized carbons (Fsp3) is 0.500. The number of benzene rings is 1. The SMILES string of the molecule is CC1CCCC(NS(=O)(=O)c2ccc(F)c(C#N)c2)C1. The quantitative estimate of drug-likeness (QED) is 0.932. The van der Waals surface area contributed by atoms with E-state index in [1.807, 2.05) is 0 Å². The molecule has 6 heteroatoms. The highest BCUT2D eigenvalue weighted by Crippen LogP contribution is 2.25. The van der Waals surface area contributed by atoms with Crippen LogP contribution < -0.4 is 4.72 Å². The molecule has 0 spiro atoms. The predicted molar refractivity (Wildman–Crippen MR) is 72.9 cm³/mol. The molecule has 0 aliphatic heterocycles. The molecule has 1 saturated carbocycles. The van der Waals surface area contributed by atoms with Crippen LogP contribution in [-0.4, -0.2) is 14.5 Å². The van der Waals surface area contributed by atoms with Gasteiger partial charge in [-0.2, -0.15) is 5.26 Å². The van der Waals surface area contributed by atoms with Gasteiger partial charge in [0, 0.05) is 6.04 Å². The molecule has 1 aliphatic carbocycles. The molecule has 1 aromatic carbocycles. The maximum atomic E-state index is 13.2. The first-order valence-corrected chi connectivity index (χ1v) is 8.12. The summed E-state index contributed by atoms with van der Waals surface area (Å²) in [7, 11) is -3.70. The van der Waals surface area contributed by atoms with Gasteiger partial charge in [0.15, 0.2) is 0 Å². The Hall–Kier alpha value is -1.45. The highest BCUT2D eigenvalue weighted by atomic mass is 32.2. The zero-order chi connectivity index (χ0) is 14.8. The van der Waals surface area contributed by atoms with Crippen molar-refractivity contribution in [3.8, 4) is 6.07 Å². The molecule has 0 heterocycles. The molecule has 1 N–H and O–H groups in total. The molecule has 1 fully saturated rings. The van der Waals surface area contributed by atoms with E-state index in [0.29, 0.717) is 5.92 Å². The lowest BCUT2D eigenvalue weighted by atomic mass is 9.88. The van der Waals surface area contributed by atoms with Gasteiger partial charge >= 0.3 is 0 Å². The van der Waals surface area contributed by atoms with Gasteiger partial charge in [0.1, 0.15) is 11.9 Å². The zero-order valence-corrected chi connectivity index (χ0v) is 12.1. The minimum absolute atomic E-state index is 0.0614. The molecule has 20 heavy (non-hydrogen) atoms. The first-order chi connectivity index (χ1) is 9.42. The number of nitrogens with one attached hydrogen (secondary N) is 1. The van der Waals surface area contributed by atoms with E-state index < -0.39 is 15.8 Å². The fourth-order valence-corrected chi connectivity index (χ4v) is 3.90. The zero-order valence-electron chi connectivity index (χ0n) is 11.3. The standard InChI is InChI=1S/C14H17FN2O2S/c1-10-3-2-4-12(7-10)17-20(18,19)13-5-6-14(15)11(8-13)9-16/h5-6,8,10,12,17H,2-4,7H2,1H3. The van der Waals surface area contributed by atoms with E-state index in [4.69, 9.17) is 5.26 Å². The van der Waals surface area contributed by atoms with E-state index in [-0.39, 0.29) is 16.5 Å². The molecule has 0 radical (unpaired) electrons. The first kappa shape index (κ1) is 14.9. The molecule has 0 saturated heterocycles. The Labute approximate surface area is 118 Å². The van der Waals surface area contributed by atoms with Gasteiger partial charge in [-0.15, -0.1) is 0 Å². The van der Waals surface area contributed by atoms with Crippen molar-refractivity contribution in [2.45, 2.75) is 43.5 Å². The Morgan fingerprint density at radius 2 is 2.15 bits per heavy atom. The van der Waals surface area contributed by atoms with Gasteiger partial charge in [-0.25, -0.2) is 17.5 Å². The minimum Gasteiger partial charge on any atom is -0.208 e. The average Bonchev–Trinajstić information content (AvgIpc) is 2.38. The van der Waals surface area contributed by atoms with Gasteiger partial charge in [-0.05, 0) is 37.0 Å². The van der Waals surface area contributed by atoms with Crippen molar-refractivity contribution >= 4 is 10.0 Å². The van der Waals surface area contributed by atoms with Crippen LogP contribution >= 0.6 is 0 Å². The molecular formula is C14H17FN2O2S. The van der Waals surface area contributed by atoms with Gasteiger partial charge in [-0.3, -0.25) is 0 Å². The van der Waals surface area contributed by atoms with E-state index in [2.05, 4.69) is 11.6 Å². The monoisotopic (exact) mass is 296 g/mol. The fourth-order valence-electron chi connectivity index (χ4n) is 2.59. The second kappa shape index (κ2) is 5.90. The number of hydrogen-bond acceptors (Lipinski definition) is 3. The summed E-state index contributed by atoms with van der Waals surface area (Å²) in [6, 6.07) is 4.84. The van der Waals surface area contributed by atoms with Crippen molar-refractivity contribution in [2.75, 3.05) is 0 Å². The normalized spacial score (nSPS) is 23.2. The highest BCUT2D eigenvalue weighted by molar-refractivity contribution is 7.89. The van der Waals surface area contributed by atoms with E-state index in [1.165, 1.54) is 6.07 Å². The maximum Gasteiger partial charge on any atom is 0.240 e. The van der Waals surface area contributed by atoms with Crippen LogP contribution in [0.25, 0.3) is 0 Å². The number of hydrogen-bond donors (Lipinski definition) is 1. The first-order valence-electron chi connectivity index (χ1n) is 6.64. The second-order valence-electron chi connectivity index (χ2n) is 5.34. The lowest BCUT2D eigenvalue weighted by molar-refractivity contribution is 0.327. The van der Waals surface area contributed by atoms with Crippen LogP contribution in [-0.2, 0) is 10.0 Å². The van der Waals surface area contributed by atoms with E-state index in [0.717, 1.165) is 37.8 Å². The molecule has 2 rings (SSSR count). The Bertz CT molecular complexity index is 637. The van der Waals surface area contributed by atoms with E-state index >= 15 is 0 Å². The molecule has 0 bridgehead atoms. The molecule has 2 atom stereocenters. The van der Waals surface area contributed by atoms with Gasteiger partial charge < -0.3 is 0 Å². The van der Waals surface area contributed by atoms with Crippen molar-refractivity contribution in [1.82, 2.24) is 4.72 Å². The Morgan fingerprint density at radius 3 is 2.80 bits per heavy atom. The summed E-state index contributed by atoms with van der Waals surface area (Å²) >= 11 is 0. The van der Waals surface area contributed by atoms with Crippen LogP contribution in [0.1, 0.15) is 38.2 Å². The van der Waals surface area contributed by atoms with Crippen LogP contribution in [0.2, 0.25) is 0 Å². The summed E-state index contributed by atoms with van der Waals surface area (Å²) < 4.78 is 40.4. The number of rotatable bonds is 3. The molecule has 1 aromatic rings. The largest absolute Gasteiger partial charge is 0.240 e. The number of halogens is 1. The van der Waals surface area contributed by atoms with Gasteiger partial charge in [0.25, 0.3) is 0 Å². The van der Waals surface area contributed by atoms with Crippen molar-refractivity contribution in [3.63, 3.8) is 0 Å². The summed E-state index contributed by atoms with van der Waals surface area (Å²) in [6.45, 7) is 2.10. The van der Waals surface area contributed by atoms with Crippen LogP contribution in [0.4, 0.5) is 4.39 Å². The van der Waals surface area contributed by atoms with Gasteiger partial charge in [0.05, 0.1) is 10.5 Å². The van der Waals surface area contributed by atoms with Crippen LogP contribution in [0.5, 0.6) is 0 Å². The summed E-state index contributed by atoms with van der Waals surface area (Å²) in [5.74, 6) is -0.211. The lowest BCUT2D eigenvalue weighted by Crippen LogP contribution is -2.37. The third kappa shape index (κ3) is 3.35. The second-order valence-corrected chi connectivity index (χ2v) is 7.06. The Morgan fingerprint density at radius 1 is 1.40 bits per heavy atom. The Kier molecular flexibility index (Phi) is 4.41. The summed E-state index contributed by atoms with van der Waals surface area (Å²) in [4.78, 5) is -0.0614. The van der Waals surface area contributed by atoms with Crippen molar-refractivity contribution in [3.05, 3.63) is 29.6 Å². The summed E-state index contributed by atoms with van der Waals surface area (Å²) in [5.41, 5.74) is -0.259. The van der Waals surface area contributed by atoms with Crippen LogP contribution in [0.15, 0.2) is 23.1 Å². The minimum atomic E-state index is -3.70. The smallest absolute Gasteiger partial charge is 0.208 e. The van der Waals surface area contributed by atoms with E-state index in [9.17, 15) is 12.8 Å². The number of nitrogens with zero attached hydrogens (tertiary/aromatic N) is 1. The third-order valence-electron chi connectivity index (χ3n) is 3.63. The van der Waals surface area contributed by atoms with Crippen molar-refractivity contribution in [2.24, 2.45) is 5.92 Å². The van der Waals surface area contributed by atoms with E-state index in [1.54, 1.807) is 6.07 Å². The summed E-state index contributed by atoms with van der Waals surface area (Å²) in [6.07, 6.45) is 3.75. The van der Waals surface area contributed by atoms with Crippen molar-refractivity contribution in [1.29, 1.82) is 5.26 Å². The molecule has 108 valence electrons. The predicted octanol–water partition coefficient (Wildman–Crippen LogP) is 2.55. The highest BCUT2D eigenvalue weighted by Gasteiger charge is 2.25. The molecule has 4 nitrogen and oxygen atoms in total. The lowest BCUT2D eigenvalue weighted by Gasteiger charge is -2.27. The molecular weight excluding hydrogens is 279 g/mol.